The zero-order valence-corrected chi connectivity index (χ0v) is 11.4. The van der Waals surface area contributed by atoms with E-state index in [1.165, 1.54) is 49.7 Å². The summed E-state index contributed by atoms with van der Waals surface area (Å²) in [5.74, 6) is 0.601. The molecule has 0 heteroatoms. The van der Waals surface area contributed by atoms with Gasteiger partial charge in [0.05, 0.1) is 0 Å². The van der Waals surface area contributed by atoms with Gasteiger partial charge < -0.3 is 0 Å². The predicted molar refractivity (Wildman–Crippen MR) is 79.8 cm³/mol. The van der Waals surface area contributed by atoms with Crippen LogP contribution >= 0.6 is 0 Å². The second-order valence-corrected chi connectivity index (χ2v) is 5.20. The molecule has 1 aromatic rings. The fourth-order valence-corrected chi connectivity index (χ4v) is 2.61. The van der Waals surface area contributed by atoms with Gasteiger partial charge in [-0.3, -0.25) is 0 Å². The van der Waals surface area contributed by atoms with Crippen LogP contribution in [0, 0.1) is 0 Å². The molecule has 0 radical (unpaired) electrons. The molecule has 0 heterocycles. The first kappa shape index (κ1) is 13.1. The van der Waals surface area contributed by atoms with Gasteiger partial charge in [0.2, 0.25) is 0 Å². The molecule has 0 bridgehead atoms. The second-order valence-electron chi connectivity index (χ2n) is 5.20. The van der Waals surface area contributed by atoms with Crippen LogP contribution in [0.3, 0.4) is 0 Å². The normalized spacial score (nSPS) is 19.1. The first-order chi connectivity index (χ1) is 8.90. The van der Waals surface area contributed by atoms with Crippen molar-refractivity contribution in [1.29, 1.82) is 0 Å². The minimum atomic E-state index is 0.601. The largest absolute Gasteiger partial charge is 0.0843 e. The van der Waals surface area contributed by atoms with E-state index in [2.05, 4.69) is 55.5 Å². The summed E-state index contributed by atoms with van der Waals surface area (Å²) in [5.41, 5.74) is 3.00. The van der Waals surface area contributed by atoms with E-state index in [0.29, 0.717) is 5.92 Å². The molecule has 0 fully saturated rings. The summed E-state index contributed by atoms with van der Waals surface area (Å²) >= 11 is 0. The molecular weight excluding hydrogens is 216 g/mol. The fraction of sp³-hybridized carbons (Fsp3) is 0.444. The summed E-state index contributed by atoms with van der Waals surface area (Å²) in [7, 11) is 0. The lowest BCUT2D eigenvalue weighted by molar-refractivity contribution is 0.658. The number of hydrogen-bond acceptors (Lipinski definition) is 0. The summed E-state index contributed by atoms with van der Waals surface area (Å²) in [6.45, 7) is 2.27. The summed E-state index contributed by atoms with van der Waals surface area (Å²) in [5, 5.41) is 0. The van der Waals surface area contributed by atoms with Crippen molar-refractivity contribution < 1.29 is 0 Å². The van der Waals surface area contributed by atoms with Crippen molar-refractivity contribution in [2.45, 2.75) is 51.4 Å². The Morgan fingerprint density at radius 2 is 2.06 bits per heavy atom. The zero-order valence-electron chi connectivity index (χ0n) is 11.4. The lowest BCUT2D eigenvalue weighted by Gasteiger charge is -2.16. The summed E-state index contributed by atoms with van der Waals surface area (Å²) in [6.07, 6.45) is 14.8. The second kappa shape index (κ2) is 7.20. The van der Waals surface area contributed by atoms with E-state index in [4.69, 9.17) is 0 Å². The quantitative estimate of drug-likeness (QED) is 0.626. The Kier molecular flexibility index (Phi) is 5.26. The highest BCUT2D eigenvalue weighted by atomic mass is 14.1. The van der Waals surface area contributed by atoms with Gasteiger partial charge >= 0.3 is 0 Å². The molecule has 0 saturated carbocycles. The molecule has 0 N–H and O–H groups in total. The minimum Gasteiger partial charge on any atom is -0.0843 e. The molecule has 96 valence electrons. The van der Waals surface area contributed by atoms with Gasteiger partial charge in [-0.05, 0) is 31.2 Å². The SMILES string of the molecule is CCCCC(/C=C1\C=CCCC1)c1ccccc1. The van der Waals surface area contributed by atoms with Gasteiger partial charge in [0.1, 0.15) is 0 Å². The maximum atomic E-state index is 2.50. The molecule has 0 saturated heterocycles. The van der Waals surface area contributed by atoms with Gasteiger partial charge in [-0.2, -0.15) is 0 Å². The zero-order chi connectivity index (χ0) is 12.6. The molecule has 0 aliphatic heterocycles. The number of hydrogen-bond donors (Lipinski definition) is 0. The van der Waals surface area contributed by atoms with Crippen molar-refractivity contribution in [3.05, 3.63) is 59.7 Å². The van der Waals surface area contributed by atoms with E-state index in [1.807, 2.05) is 0 Å². The summed E-state index contributed by atoms with van der Waals surface area (Å²) < 4.78 is 0. The first-order valence-corrected chi connectivity index (χ1v) is 7.32. The number of benzene rings is 1. The van der Waals surface area contributed by atoms with E-state index in [0.717, 1.165) is 0 Å². The van der Waals surface area contributed by atoms with Crippen LogP contribution in [-0.2, 0) is 0 Å². The van der Waals surface area contributed by atoms with Gasteiger partial charge in [-0.15, -0.1) is 0 Å². The fourth-order valence-electron chi connectivity index (χ4n) is 2.61. The Hall–Kier alpha value is -1.30. The van der Waals surface area contributed by atoms with Gasteiger partial charge in [0.25, 0.3) is 0 Å². The highest BCUT2D eigenvalue weighted by molar-refractivity contribution is 5.30. The third-order valence-electron chi connectivity index (χ3n) is 3.68. The average Bonchev–Trinajstić information content (AvgIpc) is 2.45. The Labute approximate surface area is 111 Å². The minimum absolute atomic E-state index is 0.601. The molecule has 1 atom stereocenters. The van der Waals surface area contributed by atoms with Crippen molar-refractivity contribution in [2.75, 3.05) is 0 Å². The van der Waals surface area contributed by atoms with Crippen LogP contribution in [0.25, 0.3) is 0 Å². The lowest BCUT2D eigenvalue weighted by Crippen LogP contribution is -1.98. The van der Waals surface area contributed by atoms with Gasteiger partial charge in [-0.25, -0.2) is 0 Å². The lowest BCUT2D eigenvalue weighted by atomic mass is 9.89. The number of allylic oxidation sites excluding steroid dienone is 4. The Balaban J connectivity index is 2.14. The molecule has 0 nitrogen and oxygen atoms in total. The van der Waals surface area contributed by atoms with Crippen LogP contribution < -0.4 is 0 Å². The highest BCUT2D eigenvalue weighted by Crippen LogP contribution is 2.27. The van der Waals surface area contributed by atoms with E-state index >= 15 is 0 Å². The summed E-state index contributed by atoms with van der Waals surface area (Å²) in [4.78, 5) is 0. The van der Waals surface area contributed by atoms with E-state index in [-0.39, 0.29) is 0 Å². The van der Waals surface area contributed by atoms with Crippen molar-refractivity contribution in [2.24, 2.45) is 0 Å². The molecule has 0 spiro atoms. The molecule has 1 aromatic carbocycles. The average molecular weight is 240 g/mol. The number of unbranched alkanes of at least 4 members (excludes halogenated alkanes) is 1. The van der Waals surface area contributed by atoms with Crippen molar-refractivity contribution in [3.63, 3.8) is 0 Å². The van der Waals surface area contributed by atoms with E-state index < -0.39 is 0 Å². The third-order valence-corrected chi connectivity index (χ3v) is 3.68. The summed E-state index contributed by atoms with van der Waals surface area (Å²) in [6, 6.07) is 11.0. The van der Waals surface area contributed by atoms with Crippen LogP contribution in [-0.4, -0.2) is 0 Å². The topological polar surface area (TPSA) is 0 Å². The van der Waals surface area contributed by atoms with Gasteiger partial charge in [0, 0.05) is 5.92 Å². The monoisotopic (exact) mass is 240 g/mol. The van der Waals surface area contributed by atoms with Crippen molar-refractivity contribution in [3.8, 4) is 0 Å². The smallest absolute Gasteiger partial charge is 0.00237 e. The predicted octanol–water partition coefficient (Wildman–Crippen LogP) is 5.63. The Bertz CT molecular complexity index is 397. The van der Waals surface area contributed by atoms with Crippen LogP contribution in [0.1, 0.15) is 56.9 Å². The Morgan fingerprint density at radius 3 is 2.72 bits per heavy atom. The van der Waals surface area contributed by atoms with E-state index in [1.54, 1.807) is 0 Å². The highest BCUT2D eigenvalue weighted by Gasteiger charge is 2.09. The van der Waals surface area contributed by atoms with Gasteiger partial charge in [-0.1, -0.05) is 73.9 Å². The molecule has 0 aromatic heterocycles. The molecule has 0 amide bonds. The molecule has 18 heavy (non-hydrogen) atoms. The first-order valence-electron chi connectivity index (χ1n) is 7.32. The molecule has 1 aliphatic rings. The van der Waals surface area contributed by atoms with Gasteiger partial charge in [0.15, 0.2) is 0 Å². The standard InChI is InChI=1S/C18H24/c1-2-3-12-18(17-13-8-5-9-14-17)15-16-10-6-4-7-11-16/h5-6,8-10,13-15,18H,2-4,7,11-12H2,1H3/b16-15+. The van der Waals surface area contributed by atoms with Crippen molar-refractivity contribution in [1.82, 2.24) is 0 Å². The number of rotatable bonds is 5. The van der Waals surface area contributed by atoms with Crippen LogP contribution in [0.4, 0.5) is 0 Å². The van der Waals surface area contributed by atoms with E-state index in [9.17, 15) is 0 Å². The van der Waals surface area contributed by atoms with Crippen LogP contribution in [0.5, 0.6) is 0 Å². The molecular formula is C18H24. The third kappa shape index (κ3) is 3.87. The van der Waals surface area contributed by atoms with Crippen molar-refractivity contribution >= 4 is 0 Å². The van der Waals surface area contributed by atoms with Crippen LogP contribution in [0.2, 0.25) is 0 Å². The molecule has 1 unspecified atom stereocenters. The maximum Gasteiger partial charge on any atom is 0.00237 e. The molecule has 1 aliphatic carbocycles. The maximum absolute atomic E-state index is 2.50. The van der Waals surface area contributed by atoms with Crippen LogP contribution in [0.15, 0.2) is 54.1 Å². The molecule has 2 rings (SSSR count). The Morgan fingerprint density at radius 1 is 1.22 bits per heavy atom.